The molecule has 114 valence electrons. The van der Waals surface area contributed by atoms with E-state index in [1.807, 2.05) is 54.6 Å². The van der Waals surface area contributed by atoms with Gasteiger partial charge in [0, 0.05) is 5.56 Å². The zero-order valence-corrected chi connectivity index (χ0v) is 12.6. The molecule has 1 aromatic heterocycles. The Labute approximate surface area is 138 Å². The van der Waals surface area contributed by atoms with Crippen LogP contribution in [0.4, 0.5) is 5.82 Å². The Bertz CT molecular complexity index is 1040. The van der Waals surface area contributed by atoms with Gasteiger partial charge in [-0.15, -0.1) is 0 Å². The molecule has 0 spiro atoms. The van der Waals surface area contributed by atoms with Crippen LogP contribution < -0.4 is 11.3 Å². The molecule has 3 rings (SSSR count). The van der Waals surface area contributed by atoms with Gasteiger partial charge in [0.2, 0.25) is 0 Å². The highest BCUT2D eigenvalue weighted by molar-refractivity contribution is 5.81. The van der Waals surface area contributed by atoms with Gasteiger partial charge in [0.25, 0.3) is 5.56 Å². The van der Waals surface area contributed by atoms with Crippen LogP contribution in [0.15, 0.2) is 59.4 Å². The van der Waals surface area contributed by atoms with Crippen LogP contribution in [0, 0.1) is 22.7 Å². The molecule has 3 N–H and O–H groups in total. The summed E-state index contributed by atoms with van der Waals surface area (Å²) in [4.78, 5) is 14.3. The van der Waals surface area contributed by atoms with Crippen LogP contribution in [0.2, 0.25) is 0 Å². The highest BCUT2D eigenvalue weighted by Crippen LogP contribution is 2.30. The molecule has 5 nitrogen and oxygen atoms in total. The van der Waals surface area contributed by atoms with E-state index in [-0.39, 0.29) is 22.5 Å². The molecule has 0 radical (unpaired) electrons. The predicted molar refractivity (Wildman–Crippen MR) is 91.8 cm³/mol. The van der Waals surface area contributed by atoms with Crippen molar-refractivity contribution in [1.82, 2.24) is 4.98 Å². The lowest BCUT2D eigenvalue weighted by molar-refractivity contribution is 1.21. The third-order valence-corrected chi connectivity index (χ3v) is 3.75. The van der Waals surface area contributed by atoms with Crippen molar-refractivity contribution in [3.05, 3.63) is 76.1 Å². The Morgan fingerprint density at radius 1 is 0.792 bits per heavy atom. The lowest BCUT2D eigenvalue weighted by Gasteiger charge is -2.09. The maximum atomic E-state index is 12.0. The highest BCUT2D eigenvalue weighted by atomic mass is 16.1. The average molecular weight is 312 g/mol. The number of aromatic amines is 1. The molecule has 0 aliphatic carbocycles. The van der Waals surface area contributed by atoms with Gasteiger partial charge in [-0.1, -0.05) is 54.6 Å². The standard InChI is InChI=1S/C19H12N4O/c20-10-15-17(16(11-21)19(24)23-18(15)22)14-8-6-13(7-9-14)12-4-2-1-3-5-12/h1-9H,(H3,22,23,24). The molecule has 0 bridgehead atoms. The fraction of sp³-hybridized carbons (Fsp3) is 0. The quantitative estimate of drug-likeness (QED) is 0.758. The van der Waals surface area contributed by atoms with Gasteiger partial charge in [0.15, 0.2) is 0 Å². The first kappa shape index (κ1) is 15.1. The number of nitrogen functional groups attached to an aromatic ring is 1. The largest absolute Gasteiger partial charge is 0.384 e. The minimum atomic E-state index is -0.601. The number of hydrogen-bond acceptors (Lipinski definition) is 4. The van der Waals surface area contributed by atoms with E-state index in [1.54, 1.807) is 12.1 Å². The second-order valence-corrected chi connectivity index (χ2v) is 5.16. The Hall–Kier alpha value is -3.83. The first-order chi connectivity index (χ1) is 11.7. The minimum Gasteiger partial charge on any atom is -0.384 e. The lowest BCUT2D eigenvalue weighted by atomic mass is 9.95. The van der Waals surface area contributed by atoms with Gasteiger partial charge >= 0.3 is 0 Å². The fourth-order valence-corrected chi connectivity index (χ4v) is 2.59. The molecular weight excluding hydrogens is 300 g/mol. The highest BCUT2D eigenvalue weighted by Gasteiger charge is 2.17. The molecule has 1 heterocycles. The van der Waals surface area contributed by atoms with E-state index >= 15 is 0 Å². The summed E-state index contributed by atoms with van der Waals surface area (Å²) in [7, 11) is 0. The summed E-state index contributed by atoms with van der Waals surface area (Å²) in [6.45, 7) is 0. The maximum Gasteiger partial charge on any atom is 0.268 e. The van der Waals surface area contributed by atoms with Crippen LogP contribution in [0.1, 0.15) is 11.1 Å². The maximum absolute atomic E-state index is 12.0. The summed E-state index contributed by atoms with van der Waals surface area (Å²) >= 11 is 0. The van der Waals surface area contributed by atoms with Crippen molar-refractivity contribution in [3.63, 3.8) is 0 Å². The zero-order valence-electron chi connectivity index (χ0n) is 12.6. The summed E-state index contributed by atoms with van der Waals surface area (Å²) in [5, 5.41) is 18.6. The van der Waals surface area contributed by atoms with Crippen molar-refractivity contribution in [2.24, 2.45) is 0 Å². The number of pyridine rings is 1. The number of aromatic nitrogens is 1. The van der Waals surface area contributed by atoms with Crippen molar-refractivity contribution >= 4 is 5.82 Å². The predicted octanol–water partition coefficient (Wildman–Crippen LogP) is 3.03. The van der Waals surface area contributed by atoms with Crippen LogP contribution in [-0.2, 0) is 0 Å². The molecule has 0 aliphatic heterocycles. The molecule has 0 aliphatic rings. The number of nitrogens with two attached hydrogens (primary N) is 1. The minimum absolute atomic E-state index is 0.0383. The number of benzene rings is 2. The molecule has 0 saturated carbocycles. The molecular formula is C19H12N4O. The number of rotatable bonds is 2. The van der Waals surface area contributed by atoms with Crippen LogP contribution >= 0.6 is 0 Å². The first-order valence-electron chi connectivity index (χ1n) is 7.17. The molecule has 0 amide bonds. The smallest absolute Gasteiger partial charge is 0.268 e. The van der Waals surface area contributed by atoms with Crippen LogP contribution in [0.5, 0.6) is 0 Å². The summed E-state index contributed by atoms with van der Waals surface area (Å²) in [6.07, 6.45) is 0. The van der Waals surface area contributed by atoms with Crippen molar-refractivity contribution < 1.29 is 0 Å². The van der Waals surface area contributed by atoms with Gasteiger partial charge in [-0.2, -0.15) is 10.5 Å². The normalized spacial score (nSPS) is 9.92. The first-order valence-corrected chi connectivity index (χ1v) is 7.17. The number of nitrogens with zero attached hydrogens (tertiary/aromatic N) is 2. The van der Waals surface area contributed by atoms with Crippen molar-refractivity contribution in [2.75, 3.05) is 5.73 Å². The third-order valence-electron chi connectivity index (χ3n) is 3.75. The molecule has 0 unspecified atom stereocenters. The van der Waals surface area contributed by atoms with Gasteiger partial charge in [0.05, 0.1) is 0 Å². The van der Waals surface area contributed by atoms with Crippen LogP contribution in [-0.4, -0.2) is 4.98 Å². The van der Waals surface area contributed by atoms with Crippen molar-refractivity contribution in [2.45, 2.75) is 0 Å². The van der Waals surface area contributed by atoms with Gasteiger partial charge in [-0.25, -0.2) is 0 Å². The fourth-order valence-electron chi connectivity index (χ4n) is 2.59. The van der Waals surface area contributed by atoms with E-state index < -0.39 is 5.56 Å². The summed E-state index contributed by atoms with van der Waals surface area (Å²) < 4.78 is 0. The van der Waals surface area contributed by atoms with E-state index in [0.29, 0.717) is 5.56 Å². The van der Waals surface area contributed by atoms with Crippen molar-refractivity contribution in [3.8, 4) is 34.4 Å². The summed E-state index contributed by atoms with van der Waals surface area (Å²) in [5.41, 5.74) is 8.01. The van der Waals surface area contributed by atoms with E-state index in [1.165, 1.54) is 0 Å². The number of nitrogens with one attached hydrogen (secondary N) is 1. The SMILES string of the molecule is N#Cc1c(N)[nH]c(=O)c(C#N)c1-c1ccc(-c2ccccc2)cc1. The number of anilines is 1. The Morgan fingerprint density at radius 3 is 1.92 bits per heavy atom. The van der Waals surface area contributed by atoms with Gasteiger partial charge < -0.3 is 10.7 Å². The Balaban J connectivity index is 2.19. The summed E-state index contributed by atoms with van der Waals surface area (Å²) in [5.74, 6) is -0.0383. The monoisotopic (exact) mass is 312 g/mol. The van der Waals surface area contributed by atoms with E-state index in [9.17, 15) is 15.3 Å². The van der Waals surface area contributed by atoms with Gasteiger partial charge in [-0.3, -0.25) is 4.79 Å². The summed E-state index contributed by atoms with van der Waals surface area (Å²) in [6, 6.07) is 20.9. The molecule has 0 fully saturated rings. The Kier molecular flexibility index (Phi) is 3.84. The number of nitriles is 2. The molecule has 3 aromatic rings. The average Bonchev–Trinajstić information content (AvgIpc) is 2.62. The lowest BCUT2D eigenvalue weighted by Crippen LogP contribution is -2.16. The van der Waals surface area contributed by atoms with E-state index in [4.69, 9.17) is 5.73 Å². The van der Waals surface area contributed by atoms with E-state index in [2.05, 4.69) is 4.98 Å². The second kappa shape index (κ2) is 6.12. The van der Waals surface area contributed by atoms with Crippen LogP contribution in [0.3, 0.4) is 0 Å². The molecule has 5 heteroatoms. The van der Waals surface area contributed by atoms with E-state index in [0.717, 1.165) is 11.1 Å². The molecule has 0 atom stereocenters. The van der Waals surface area contributed by atoms with Gasteiger partial charge in [-0.05, 0) is 16.7 Å². The third kappa shape index (κ3) is 2.51. The Morgan fingerprint density at radius 2 is 1.33 bits per heavy atom. The van der Waals surface area contributed by atoms with Crippen LogP contribution in [0.25, 0.3) is 22.3 Å². The topological polar surface area (TPSA) is 106 Å². The molecule has 2 aromatic carbocycles. The molecule has 0 saturated heterocycles. The number of H-pyrrole nitrogens is 1. The second-order valence-electron chi connectivity index (χ2n) is 5.16. The van der Waals surface area contributed by atoms with Crippen molar-refractivity contribution in [1.29, 1.82) is 10.5 Å². The molecule has 24 heavy (non-hydrogen) atoms. The van der Waals surface area contributed by atoms with Gasteiger partial charge in [0.1, 0.15) is 29.1 Å². The number of hydrogen-bond donors (Lipinski definition) is 2. The zero-order chi connectivity index (χ0) is 17.1.